The molecule has 2 unspecified atom stereocenters. The molecule has 4 heteroatoms. The van der Waals surface area contributed by atoms with Gasteiger partial charge in [-0.3, -0.25) is 4.79 Å². The quantitative estimate of drug-likeness (QED) is 0.365. The Kier molecular flexibility index (Phi) is 4.21. The Labute approximate surface area is 120 Å². The van der Waals surface area contributed by atoms with Crippen LogP contribution in [0.25, 0.3) is 0 Å². The van der Waals surface area contributed by atoms with Crippen LogP contribution in [-0.2, 0) is 14.3 Å². The lowest BCUT2D eigenvalue weighted by Crippen LogP contribution is -2.48. The molecular formula is C16H24O4. The van der Waals surface area contributed by atoms with Gasteiger partial charge in [0.1, 0.15) is 16.9 Å². The summed E-state index contributed by atoms with van der Waals surface area (Å²) in [5.41, 5.74) is -0.760. The molecule has 2 atom stereocenters. The van der Waals surface area contributed by atoms with E-state index in [1.165, 1.54) is 0 Å². The maximum Gasteiger partial charge on any atom is 0.345 e. The first-order chi connectivity index (χ1) is 9.37. The summed E-state index contributed by atoms with van der Waals surface area (Å²) in [6.07, 6.45) is 3.85. The van der Waals surface area contributed by atoms with E-state index in [4.69, 9.17) is 4.74 Å². The number of ether oxygens (including phenoxy) is 1. The van der Waals surface area contributed by atoms with Crippen LogP contribution >= 0.6 is 0 Å². The van der Waals surface area contributed by atoms with Crippen molar-refractivity contribution < 1.29 is 19.4 Å². The van der Waals surface area contributed by atoms with Gasteiger partial charge in [-0.2, -0.15) is 0 Å². The summed E-state index contributed by atoms with van der Waals surface area (Å²) in [5.74, 6) is -0.0977. The molecule has 1 saturated carbocycles. The van der Waals surface area contributed by atoms with Crippen molar-refractivity contribution in [3.05, 3.63) is 11.3 Å². The van der Waals surface area contributed by atoms with Gasteiger partial charge in [-0.25, -0.2) is 4.79 Å². The molecule has 1 heterocycles. The van der Waals surface area contributed by atoms with Crippen LogP contribution in [0.2, 0.25) is 0 Å². The summed E-state index contributed by atoms with van der Waals surface area (Å²) in [6.45, 7) is 6.16. The van der Waals surface area contributed by atoms with Crippen LogP contribution in [0.4, 0.5) is 0 Å². The highest BCUT2D eigenvalue weighted by molar-refractivity contribution is 6.19. The second kappa shape index (κ2) is 5.58. The molecule has 1 saturated heterocycles. The summed E-state index contributed by atoms with van der Waals surface area (Å²) in [7, 11) is 0. The Morgan fingerprint density at radius 3 is 2.40 bits per heavy atom. The molecule has 4 nitrogen and oxygen atoms in total. The van der Waals surface area contributed by atoms with Gasteiger partial charge in [-0.05, 0) is 37.5 Å². The first-order valence-corrected chi connectivity index (χ1v) is 7.55. The summed E-state index contributed by atoms with van der Waals surface area (Å²) in [5, 5.41) is 9.86. The number of ketones is 1. The number of hydrogen-bond donors (Lipinski definition) is 1. The van der Waals surface area contributed by atoms with E-state index in [9.17, 15) is 14.7 Å². The highest BCUT2D eigenvalue weighted by atomic mass is 16.6. The first kappa shape index (κ1) is 15.1. The Balaban J connectivity index is 2.23. The Hall–Kier alpha value is -1.32. The van der Waals surface area contributed by atoms with E-state index in [2.05, 4.69) is 13.8 Å². The molecule has 1 aliphatic heterocycles. The van der Waals surface area contributed by atoms with E-state index in [1.807, 2.05) is 6.92 Å². The smallest absolute Gasteiger partial charge is 0.345 e. The van der Waals surface area contributed by atoms with E-state index in [-0.39, 0.29) is 23.5 Å². The molecular weight excluding hydrogens is 256 g/mol. The molecule has 0 bridgehead atoms. The van der Waals surface area contributed by atoms with E-state index in [0.29, 0.717) is 24.7 Å². The van der Waals surface area contributed by atoms with E-state index in [1.54, 1.807) is 0 Å². The number of Topliss-reactive ketones (excluding diaryl/α,β-unsaturated/α-hetero) is 1. The molecule has 20 heavy (non-hydrogen) atoms. The Bertz CT molecular complexity index is 417. The molecule has 2 rings (SSSR count). The molecule has 0 aromatic heterocycles. The zero-order valence-corrected chi connectivity index (χ0v) is 12.6. The molecule has 2 fully saturated rings. The van der Waals surface area contributed by atoms with Gasteiger partial charge in [0, 0.05) is 6.42 Å². The second-order valence-electron chi connectivity index (χ2n) is 6.60. The Morgan fingerprint density at radius 1 is 1.30 bits per heavy atom. The fourth-order valence-electron chi connectivity index (χ4n) is 3.85. The highest BCUT2D eigenvalue weighted by Gasteiger charge is 2.48. The number of hydrogen-bond acceptors (Lipinski definition) is 4. The number of aliphatic hydroxyl groups is 1. The number of esters is 1. The van der Waals surface area contributed by atoms with Crippen LogP contribution in [0.3, 0.4) is 0 Å². The van der Waals surface area contributed by atoms with E-state index in [0.717, 1.165) is 19.3 Å². The van der Waals surface area contributed by atoms with Crippen LogP contribution in [0, 0.1) is 11.8 Å². The van der Waals surface area contributed by atoms with Gasteiger partial charge >= 0.3 is 5.97 Å². The lowest BCUT2D eigenvalue weighted by atomic mass is 9.70. The molecule has 2 aliphatic rings. The Morgan fingerprint density at radius 2 is 1.90 bits per heavy atom. The predicted octanol–water partition coefficient (Wildman–Crippen LogP) is 3.31. The summed E-state index contributed by atoms with van der Waals surface area (Å²) < 4.78 is 5.63. The maximum absolute atomic E-state index is 12.3. The lowest BCUT2D eigenvalue weighted by Gasteiger charge is -2.44. The van der Waals surface area contributed by atoms with Crippen LogP contribution in [0.15, 0.2) is 11.3 Å². The number of rotatable bonds is 2. The zero-order valence-electron chi connectivity index (χ0n) is 12.6. The van der Waals surface area contributed by atoms with Crippen molar-refractivity contribution in [1.29, 1.82) is 0 Å². The zero-order chi connectivity index (χ0) is 14.9. The molecule has 1 spiro atoms. The van der Waals surface area contributed by atoms with Crippen molar-refractivity contribution >= 4 is 11.8 Å². The summed E-state index contributed by atoms with van der Waals surface area (Å²) in [6, 6.07) is 0. The monoisotopic (exact) mass is 280 g/mol. The second-order valence-corrected chi connectivity index (χ2v) is 6.60. The number of carbonyl (C=O) groups is 2. The van der Waals surface area contributed by atoms with Crippen LogP contribution in [-0.4, -0.2) is 22.5 Å². The van der Waals surface area contributed by atoms with Gasteiger partial charge in [0.15, 0.2) is 5.78 Å². The molecule has 1 N–H and O–H groups in total. The maximum atomic E-state index is 12.3. The lowest BCUT2D eigenvalue weighted by molar-refractivity contribution is -0.171. The highest BCUT2D eigenvalue weighted by Crippen LogP contribution is 2.44. The van der Waals surface area contributed by atoms with Crippen LogP contribution in [0.5, 0.6) is 0 Å². The number of aliphatic hydroxyl groups excluding tert-OH is 1. The molecule has 0 aromatic rings. The number of allylic oxidation sites excluding steroid dienone is 1. The van der Waals surface area contributed by atoms with Gasteiger partial charge < -0.3 is 9.84 Å². The summed E-state index contributed by atoms with van der Waals surface area (Å²) in [4.78, 5) is 24.4. The number of carbonyl (C=O) groups excluding carboxylic acids is 2. The third-order valence-corrected chi connectivity index (χ3v) is 4.30. The van der Waals surface area contributed by atoms with E-state index < -0.39 is 11.6 Å². The third kappa shape index (κ3) is 2.89. The average Bonchev–Trinajstić information content (AvgIpc) is 2.25. The minimum Gasteiger partial charge on any atom is -0.511 e. The normalized spacial score (nSPS) is 37.0. The third-order valence-electron chi connectivity index (χ3n) is 4.30. The topological polar surface area (TPSA) is 63.6 Å². The fourth-order valence-corrected chi connectivity index (χ4v) is 3.85. The minimum absolute atomic E-state index is 0.116. The van der Waals surface area contributed by atoms with Gasteiger partial charge in [0.25, 0.3) is 0 Å². The molecule has 1 aliphatic carbocycles. The average molecular weight is 280 g/mol. The van der Waals surface area contributed by atoms with Crippen LogP contribution in [0.1, 0.15) is 59.3 Å². The largest absolute Gasteiger partial charge is 0.511 e. The SMILES string of the molecule is CCCC(O)=C1C(=O)CC2(CC(C)CC(C)C2)OC1=O. The standard InChI is InChI=1S/C16H24O4/c1-4-5-12(17)14-13(18)9-16(20-15(14)19)7-10(2)6-11(3)8-16/h10-11,17H,4-9H2,1-3H3. The molecule has 0 radical (unpaired) electrons. The van der Waals surface area contributed by atoms with Crippen molar-refractivity contribution in [2.24, 2.45) is 11.8 Å². The summed E-state index contributed by atoms with van der Waals surface area (Å²) >= 11 is 0. The molecule has 0 amide bonds. The first-order valence-electron chi connectivity index (χ1n) is 7.55. The predicted molar refractivity (Wildman–Crippen MR) is 75.2 cm³/mol. The van der Waals surface area contributed by atoms with E-state index >= 15 is 0 Å². The fraction of sp³-hybridized carbons (Fsp3) is 0.750. The van der Waals surface area contributed by atoms with Gasteiger partial charge in [-0.15, -0.1) is 0 Å². The van der Waals surface area contributed by atoms with Crippen LogP contribution < -0.4 is 0 Å². The van der Waals surface area contributed by atoms with Gasteiger partial charge in [0.05, 0.1) is 6.42 Å². The van der Waals surface area contributed by atoms with Crippen molar-refractivity contribution in [2.75, 3.05) is 0 Å². The van der Waals surface area contributed by atoms with Gasteiger partial charge in [0.2, 0.25) is 0 Å². The van der Waals surface area contributed by atoms with Crippen molar-refractivity contribution in [2.45, 2.75) is 64.9 Å². The molecule has 0 aromatic carbocycles. The van der Waals surface area contributed by atoms with Crippen molar-refractivity contribution in [1.82, 2.24) is 0 Å². The van der Waals surface area contributed by atoms with Crippen molar-refractivity contribution in [3.8, 4) is 0 Å². The van der Waals surface area contributed by atoms with Crippen molar-refractivity contribution in [3.63, 3.8) is 0 Å². The van der Waals surface area contributed by atoms with Gasteiger partial charge in [-0.1, -0.05) is 20.8 Å². The molecule has 112 valence electrons. The minimum atomic E-state index is -0.638.